The molecule has 7 heteroatoms. The summed E-state index contributed by atoms with van der Waals surface area (Å²) in [7, 11) is 0. The van der Waals surface area contributed by atoms with Crippen LogP contribution in [0.25, 0.3) is 11.3 Å². The SMILES string of the molecule is Cc1nc([C@@H]2CCCN(C(=O)Nc3ccccc3-c3ccco3)C2)no1. The fraction of sp³-hybridized carbons (Fsp3) is 0.316. The second-order valence-corrected chi connectivity index (χ2v) is 6.41. The van der Waals surface area contributed by atoms with Crippen molar-refractivity contribution >= 4 is 11.7 Å². The molecule has 0 spiro atoms. The van der Waals surface area contributed by atoms with Crippen LogP contribution < -0.4 is 5.32 Å². The minimum Gasteiger partial charge on any atom is -0.464 e. The highest BCUT2D eigenvalue weighted by Gasteiger charge is 2.28. The summed E-state index contributed by atoms with van der Waals surface area (Å²) < 4.78 is 10.5. The standard InChI is InChI=1S/C19H20N4O3/c1-13-20-18(22-26-13)14-6-4-10-23(12-14)19(24)21-16-8-3-2-7-15(16)17-9-5-11-25-17/h2-3,5,7-9,11,14H,4,6,10,12H2,1H3,(H,21,24)/t14-/m1/s1. The molecule has 1 aliphatic rings. The number of amides is 2. The highest BCUT2D eigenvalue weighted by molar-refractivity contribution is 5.93. The van der Waals surface area contributed by atoms with Crippen LogP contribution in [-0.4, -0.2) is 34.2 Å². The molecule has 7 nitrogen and oxygen atoms in total. The largest absolute Gasteiger partial charge is 0.464 e. The Balaban J connectivity index is 1.48. The van der Waals surface area contributed by atoms with Gasteiger partial charge in [0.25, 0.3) is 0 Å². The summed E-state index contributed by atoms with van der Waals surface area (Å²) in [5.41, 5.74) is 1.58. The van der Waals surface area contributed by atoms with Gasteiger partial charge in [-0.2, -0.15) is 4.98 Å². The fourth-order valence-corrected chi connectivity index (χ4v) is 3.29. The molecule has 4 rings (SSSR count). The van der Waals surface area contributed by atoms with Gasteiger partial charge in [-0.05, 0) is 37.1 Å². The van der Waals surface area contributed by atoms with Gasteiger partial charge in [-0.15, -0.1) is 0 Å². The molecule has 1 saturated heterocycles. The van der Waals surface area contributed by atoms with Crippen molar-refractivity contribution in [3.63, 3.8) is 0 Å². The van der Waals surface area contributed by atoms with Gasteiger partial charge in [0.1, 0.15) is 5.76 Å². The molecule has 26 heavy (non-hydrogen) atoms. The topological polar surface area (TPSA) is 84.4 Å². The summed E-state index contributed by atoms with van der Waals surface area (Å²) in [6.07, 6.45) is 3.48. The number of hydrogen-bond acceptors (Lipinski definition) is 5. The Kier molecular flexibility index (Phi) is 4.43. The van der Waals surface area contributed by atoms with E-state index >= 15 is 0 Å². The third-order valence-electron chi connectivity index (χ3n) is 4.57. The van der Waals surface area contributed by atoms with Gasteiger partial charge in [0.15, 0.2) is 5.82 Å². The maximum Gasteiger partial charge on any atom is 0.321 e. The molecule has 1 N–H and O–H groups in total. The van der Waals surface area contributed by atoms with E-state index in [-0.39, 0.29) is 11.9 Å². The summed E-state index contributed by atoms with van der Waals surface area (Å²) in [5, 5.41) is 7.02. The number of aryl methyl sites for hydroxylation is 1. The molecule has 3 heterocycles. The first-order valence-electron chi connectivity index (χ1n) is 8.70. The van der Waals surface area contributed by atoms with Crippen LogP contribution in [0.1, 0.15) is 30.5 Å². The number of carbonyl (C=O) groups is 1. The molecule has 1 fully saturated rings. The number of piperidine rings is 1. The normalized spacial score (nSPS) is 17.3. The van der Waals surface area contributed by atoms with Gasteiger partial charge >= 0.3 is 6.03 Å². The fourth-order valence-electron chi connectivity index (χ4n) is 3.29. The Morgan fingerprint density at radius 2 is 2.15 bits per heavy atom. The molecule has 3 aromatic rings. The van der Waals surface area contributed by atoms with Crippen molar-refractivity contribution < 1.29 is 13.7 Å². The predicted octanol–water partition coefficient (Wildman–Crippen LogP) is 4.05. The minimum atomic E-state index is -0.131. The summed E-state index contributed by atoms with van der Waals surface area (Å²) in [6.45, 7) is 3.06. The van der Waals surface area contributed by atoms with E-state index in [9.17, 15) is 4.79 Å². The lowest BCUT2D eigenvalue weighted by Gasteiger charge is -2.31. The lowest BCUT2D eigenvalue weighted by atomic mass is 9.97. The quantitative estimate of drug-likeness (QED) is 0.769. The van der Waals surface area contributed by atoms with Crippen LogP contribution in [0.15, 0.2) is 51.6 Å². The third-order valence-corrected chi connectivity index (χ3v) is 4.57. The summed E-state index contributed by atoms with van der Waals surface area (Å²) in [5.74, 6) is 2.05. The number of rotatable bonds is 3. The van der Waals surface area contributed by atoms with Crippen molar-refractivity contribution in [2.45, 2.75) is 25.7 Å². The Labute approximate surface area is 151 Å². The molecule has 1 aliphatic heterocycles. The molecule has 0 unspecified atom stereocenters. The lowest BCUT2D eigenvalue weighted by Crippen LogP contribution is -2.41. The zero-order valence-electron chi connectivity index (χ0n) is 14.5. The van der Waals surface area contributed by atoms with E-state index in [1.165, 1.54) is 0 Å². The number of anilines is 1. The molecule has 0 aliphatic carbocycles. The van der Waals surface area contributed by atoms with Gasteiger partial charge in [0.05, 0.1) is 12.0 Å². The first-order chi connectivity index (χ1) is 12.7. The number of nitrogens with zero attached hydrogens (tertiary/aromatic N) is 3. The number of furan rings is 1. The van der Waals surface area contributed by atoms with E-state index < -0.39 is 0 Å². The molecule has 0 bridgehead atoms. The third kappa shape index (κ3) is 3.33. The van der Waals surface area contributed by atoms with Crippen molar-refractivity contribution in [1.82, 2.24) is 15.0 Å². The average Bonchev–Trinajstić information content (AvgIpc) is 3.34. The number of nitrogens with one attached hydrogen (secondary N) is 1. The van der Waals surface area contributed by atoms with Crippen LogP contribution in [0.5, 0.6) is 0 Å². The van der Waals surface area contributed by atoms with Crippen LogP contribution in [-0.2, 0) is 0 Å². The molecule has 1 aromatic carbocycles. The monoisotopic (exact) mass is 352 g/mol. The van der Waals surface area contributed by atoms with Crippen LogP contribution in [0.3, 0.4) is 0 Å². The second kappa shape index (κ2) is 7.03. The van der Waals surface area contributed by atoms with E-state index in [0.29, 0.717) is 24.8 Å². The zero-order valence-corrected chi connectivity index (χ0v) is 14.5. The summed E-state index contributed by atoms with van der Waals surface area (Å²) >= 11 is 0. The number of likely N-dealkylation sites (tertiary alicyclic amines) is 1. The van der Waals surface area contributed by atoms with Crippen molar-refractivity contribution in [1.29, 1.82) is 0 Å². The number of hydrogen-bond donors (Lipinski definition) is 1. The zero-order chi connectivity index (χ0) is 17.9. The molecule has 0 radical (unpaired) electrons. The van der Waals surface area contributed by atoms with Gasteiger partial charge in [-0.3, -0.25) is 0 Å². The maximum atomic E-state index is 12.8. The first-order valence-corrected chi connectivity index (χ1v) is 8.70. The van der Waals surface area contributed by atoms with Crippen LogP contribution in [0.2, 0.25) is 0 Å². The average molecular weight is 352 g/mol. The van der Waals surface area contributed by atoms with Gasteiger partial charge in [0, 0.05) is 31.5 Å². The van der Waals surface area contributed by atoms with Gasteiger partial charge in [0.2, 0.25) is 5.89 Å². The number of carbonyl (C=O) groups excluding carboxylic acids is 1. The number of urea groups is 1. The Morgan fingerprint density at radius 1 is 1.27 bits per heavy atom. The Hall–Kier alpha value is -3.09. The van der Waals surface area contributed by atoms with E-state index in [1.54, 1.807) is 18.1 Å². The van der Waals surface area contributed by atoms with Crippen molar-refractivity contribution in [3.05, 3.63) is 54.4 Å². The number of para-hydroxylation sites is 1. The van der Waals surface area contributed by atoms with Gasteiger partial charge < -0.3 is 19.2 Å². The van der Waals surface area contributed by atoms with Crippen molar-refractivity contribution in [2.24, 2.45) is 0 Å². The van der Waals surface area contributed by atoms with E-state index in [0.717, 1.165) is 29.9 Å². The molecular weight excluding hydrogens is 332 g/mol. The Morgan fingerprint density at radius 3 is 2.92 bits per heavy atom. The van der Waals surface area contributed by atoms with Crippen LogP contribution >= 0.6 is 0 Å². The molecule has 2 aromatic heterocycles. The summed E-state index contributed by atoms with van der Waals surface area (Å²) in [4.78, 5) is 18.9. The lowest BCUT2D eigenvalue weighted by molar-refractivity contribution is 0.190. The summed E-state index contributed by atoms with van der Waals surface area (Å²) in [6, 6.07) is 11.2. The van der Waals surface area contributed by atoms with E-state index in [1.807, 2.05) is 36.4 Å². The minimum absolute atomic E-state index is 0.104. The molecule has 0 saturated carbocycles. The van der Waals surface area contributed by atoms with Gasteiger partial charge in [-0.1, -0.05) is 17.3 Å². The smallest absolute Gasteiger partial charge is 0.321 e. The van der Waals surface area contributed by atoms with Crippen molar-refractivity contribution in [3.8, 4) is 11.3 Å². The van der Waals surface area contributed by atoms with E-state index in [2.05, 4.69) is 15.5 Å². The molecule has 2 amide bonds. The number of aromatic nitrogens is 2. The first kappa shape index (κ1) is 16.4. The molecule has 134 valence electrons. The molecular formula is C19H20N4O3. The predicted molar refractivity (Wildman–Crippen MR) is 95.7 cm³/mol. The highest BCUT2D eigenvalue weighted by Crippen LogP contribution is 2.29. The van der Waals surface area contributed by atoms with Crippen LogP contribution in [0, 0.1) is 6.92 Å². The number of benzene rings is 1. The van der Waals surface area contributed by atoms with Crippen LogP contribution in [0.4, 0.5) is 10.5 Å². The highest BCUT2D eigenvalue weighted by atomic mass is 16.5. The molecule has 1 atom stereocenters. The maximum absolute atomic E-state index is 12.8. The van der Waals surface area contributed by atoms with E-state index in [4.69, 9.17) is 8.94 Å². The second-order valence-electron chi connectivity index (χ2n) is 6.41. The Bertz CT molecular complexity index is 888. The van der Waals surface area contributed by atoms with Crippen molar-refractivity contribution in [2.75, 3.05) is 18.4 Å². The van der Waals surface area contributed by atoms with Gasteiger partial charge in [-0.25, -0.2) is 4.79 Å².